The summed E-state index contributed by atoms with van der Waals surface area (Å²) in [7, 11) is 2.71. The van der Waals surface area contributed by atoms with Crippen molar-refractivity contribution in [2.24, 2.45) is 0 Å². The van der Waals surface area contributed by atoms with Gasteiger partial charge in [-0.2, -0.15) is 0 Å². The van der Waals surface area contributed by atoms with Crippen molar-refractivity contribution >= 4 is 11.6 Å². The van der Waals surface area contributed by atoms with Crippen molar-refractivity contribution < 1.29 is 29.3 Å². The molecule has 0 saturated heterocycles. The minimum absolute atomic E-state index is 0.0458. The fraction of sp³-hybridized carbons (Fsp3) is 0.176. The number of ketones is 2. The van der Waals surface area contributed by atoms with Gasteiger partial charge in [0.2, 0.25) is 5.78 Å². The number of hydrogen-bond donors (Lipinski definition) is 2. The van der Waals surface area contributed by atoms with Crippen molar-refractivity contribution in [3.63, 3.8) is 0 Å². The Labute approximate surface area is 131 Å². The van der Waals surface area contributed by atoms with Crippen LogP contribution in [0.4, 0.5) is 0 Å². The maximum Gasteiger partial charge on any atom is 0.202 e. The summed E-state index contributed by atoms with van der Waals surface area (Å²) in [5, 5.41) is 20.4. The molecule has 2 aromatic rings. The first-order chi connectivity index (χ1) is 10.9. The quantitative estimate of drug-likeness (QED) is 0.753. The maximum atomic E-state index is 12.8. The normalized spacial score (nSPS) is 12.7. The van der Waals surface area contributed by atoms with E-state index in [-0.39, 0.29) is 45.3 Å². The van der Waals surface area contributed by atoms with Gasteiger partial charge >= 0.3 is 0 Å². The van der Waals surface area contributed by atoms with Crippen molar-refractivity contribution in [2.45, 2.75) is 6.92 Å². The number of aromatic hydroxyl groups is 2. The second-order valence-corrected chi connectivity index (χ2v) is 5.15. The molecular weight excluding hydrogens is 300 g/mol. The van der Waals surface area contributed by atoms with Crippen LogP contribution in [0.3, 0.4) is 0 Å². The van der Waals surface area contributed by atoms with E-state index < -0.39 is 11.6 Å². The summed E-state index contributed by atoms with van der Waals surface area (Å²) < 4.78 is 10.5. The van der Waals surface area contributed by atoms with E-state index in [0.717, 1.165) is 0 Å². The van der Waals surface area contributed by atoms with Crippen molar-refractivity contribution in [3.8, 4) is 23.0 Å². The van der Waals surface area contributed by atoms with Gasteiger partial charge in [-0.05, 0) is 13.0 Å². The highest BCUT2D eigenvalue weighted by Gasteiger charge is 2.39. The third-order valence-electron chi connectivity index (χ3n) is 3.99. The topological polar surface area (TPSA) is 93.1 Å². The third-order valence-corrected chi connectivity index (χ3v) is 3.99. The minimum Gasteiger partial charge on any atom is -0.507 e. The third kappa shape index (κ3) is 1.81. The highest BCUT2D eigenvalue weighted by molar-refractivity contribution is 6.31. The Kier molecular flexibility index (Phi) is 3.25. The Hall–Kier alpha value is -3.02. The molecular formula is C17H14O6. The number of ether oxygens (including phenoxy) is 2. The van der Waals surface area contributed by atoms with Crippen LogP contribution < -0.4 is 9.47 Å². The SMILES string of the molecule is COc1c(C)c(O)c2c(c1OC)C(=O)c1c(O)cccc1C2=O. The molecule has 0 radical (unpaired) electrons. The first-order valence-corrected chi connectivity index (χ1v) is 6.82. The molecule has 0 bridgehead atoms. The zero-order valence-electron chi connectivity index (χ0n) is 12.8. The Bertz CT molecular complexity index is 866. The van der Waals surface area contributed by atoms with Crippen LogP contribution in [0, 0.1) is 6.92 Å². The van der Waals surface area contributed by atoms with E-state index >= 15 is 0 Å². The van der Waals surface area contributed by atoms with Gasteiger partial charge in [0, 0.05) is 11.1 Å². The van der Waals surface area contributed by atoms with Crippen LogP contribution in [-0.2, 0) is 0 Å². The summed E-state index contributed by atoms with van der Waals surface area (Å²) >= 11 is 0. The predicted octanol–water partition coefficient (Wildman–Crippen LogP) is 2.20. The molecule has 0 unspecified atom stereocenters. The molecule has 2 N–H and O–H groups in total. The minimum atomic E-state index is -0.599. The van der Waals surface area contributed by atoms with Crippen molar-refractivity contribution in [2.75, 3.05) is 14.2 Å². The molecule has 0 aromatic heterocycles. The summed E-state index contributed by atoms with van der Waals surface area (Å²) in [4.78, 5) is 25.6. The summed E-state index contributed by atoms with van der Waals surface area (Å²) in [6, 6.07) is 4.23. The molecule has 0 amide bonds. The molecule has 118 valence electrons. The Morgan fingerprint density at radius 2 is 1.52 bits per heavy atom. The van der Waals surface area contributed by atoms with Gasteiger partial charge in [-0.1, -0.05) is 12.1 Å². The number of hydrogen-bond acceptors (Lipinski definition) is 6. The Morgan fingerprint density at radius 1 is 0.870 bits per heavy atom. The first kappa shape index (κ1) is 14.9. The predicted molar refractivity (Wildman–Crippen MR) is 80.9 cm³/mol. The van der Waals surface area contributed by atoms with E-state index in [9.17, 15) is 19.8 Å². The van der Waals surface area contributed by atoms with E-state index in [0.29, 0.717) is 5.56 Å². The zero-order chi connectivity index (χ0) is 16.9. The highest BCUT2D eigenvalue weighted by atomic mass is 16.5. The Morgan fingerprint density at radius 3 is 2.13 bits per heavy atom. The van der Waals surface area contributed by atoms with E-state index in [1.54, 1.807) is 6.92 Å². The maximum absolute atomic E-state index is 12.8. The van der Waals surface area contributed by atoms with Crippen LogP contribution in [0.2, 0.25) is 0 Å². The molecule has 3 rings (SSSR count). The monoisotopic (exact) mass is 314 g/mol. The number of carbonyl (C=O) groups excluding carboxylic acids is 2. The number of phenolic OH excluding ortho intramolecular Hbond substituents is 2. The van der Waals surface area contributed by atoms with Gasteiger partial charge in [-0.15, -0.1) is 0 Å². The molecule has 0 spiro atoms. The fourth-order valence-corrected chi connectivity index (χ4v) is 2.92. The number of benzene rings is 2. The van der Waals surface area contributed by atoms with Gasteiger partial charge < -0.3 is 19.7 Å². The molecule has 0 aliphatic heterocycles. The summed E-state index contributed by atoms with van der Waals surface area (Å²) in [6.07, 6.45) is 0. The molecule has 1 aliphatic carbocycles. The van der Waals surface area contributed by atoms with Crippen molar-refractivity contribution in [1.82, 2.24) is 0 Å². The van der Waals surface area contributed by atoms with Crippen molar-refractivity contribution in [1.29, 1.82) is 0 Å². The molecule has 23 heavy (non-hydrogen) atoms. The smallest absolute Gasteiger partial charge is 0.202 e. The summed E-state index contributed by atoms with van der Waals surface area (Å²) in [5.41, 5.74) is 0.000536. The second kappa shape index (κ2) is 5.01. The lowest BCUT2D eigenvalue weighted by atomic mass is 9.81. The van der Waals surface area contributed by atoms with Gasteiger partial charge in [0.05, 0.1) is 30.9 Å². The number of carbonyl (C=O) groups is 2. The molecule has 0 saturated carbocycles. The average molecular weight is 314 g/mol. The largest absolute Gasteiger partial charge is 0.507 e. The van der Waals surface area contributed by atoms with Crippen LogP contribution in [0.5, 0.6) is 23.0 Å². The Balaban J connectivity index is 2.47. The summed E-state index contributed by atoms with van der Waals surface area (Å²) in [6.45, 7) is 1.56. The van der Waals surface area contributed by atoms with Crippen LogP contribution in [0.1, 0.15) is 37.4 Å². The lowest BCUT2D eigenvalue weighted by Gasteiger charge is -2.24. The average Bonchev–Trinajstić information content (AvgIpc) is 2.54. The van der Waals surface area contributed by atoms with E-state index in [1.165, 1.54) is 32.4 Å². The van der Waals surface area contributed by atoms with Crippen LogP contribution >= 0.6 is 0 Å². The molecule has 6 heteroatoms. The van der Waals surface area contributed by atoms with Crippen molar-refractivity contribution in [3.05, 3.63) is 46.0 Å². The molecule has 0 heterocycles. The summed E-state index contributed by atoms with van der Waals surface area (Å²) in [5.74, 6) is -1.54. The van der Waals surface area contributed by atoms with Gasteiger partial charge in [-0.3, -0.25) is 9.59 Å². The number of methoxy groups -OCH3 is 2. The van der Waals surface area contributed by atoms with E-state index in [2.05, 4.69) is 0 Å². The van der Waals surface area contributed by atoms with Crippen LogP contribution in [0.15, 0.2) is 18.2 Å². The number of rotatable bonds is 2. The fourth-order valence-electron chi connectivity index (χ4n) is 2.92. The number of fused-ring (bicyclic) bond motifs is 2. The molecule has 2 aromatic carbocycles. The molecule has 0 fully saturated rings. The molecule has 6 nitrogen and oxygen atoms in total. The second-order valence-electron chi connectivity index (χ2n) is 5.15. The van der Waals surface area contributed by atoms with E-state index in [1.807, 2.05) is 0 Å². The zero-order valence-corrected chi connectivity index (χ0v) is 12.8. The van der Waals surface area contributed by atoms with E-state index in [4.69, 9.17) is 9.47 Å². The van der Waals surface area contributed by atoms with Crippen LogP contribution in [0.25, 0.3) is 0 Å². The van der Waals surface area contributed by atoms with Gasteiger partial charge in [0.25, 0.3) is 0 Å². The highest BCUT2D eigenvalue weighted by Crippen LogP contribution is 2.47. The lowest BCUT2D eigenvalue weighted by Crippen LogP contribution is -2.23. The first-order valence-electron chi connectivity index (χ1n) is 6.82. The number of phenols is 2. The van der Waals surface area contributed by atoms with Gasteiger partial charge in [-0.25, -0.2) is 0 Å². The van der Waals surface area contributed by atoms with Gasteiger partial charge in [0.15, 0.2) is 17.3 Å². The molecule has 0 atom stereocenters. The van der Waals surface area contributed by atoms with Crippen LogP contribution in [-0.4, -0.2) is 36.0 Å². The molecule has 1 aliphatic rings. The lowest BCUT2D eigenvalue weighted by molar-refractivity contribution is 0.0970. The van der Waals surface area contributed by atoms with Gasteiger partial charge in [0.1, 0.15) is 11.5 Å². The standard InChI is InChI=1S/C17H14O6/c1-7-13(19)11-12(17(23-3)16(7)22-2)15(21)10-8(14(11)20)5-4-6-9(10)18/h4-6,18-19H,1-3H3.